The Morgan fingerprint density at radius 1 is 1.19 bits per heavy atom. The molecule has 0 saturated heterocycles. The molecule has 1 aromatic carbocycles. The molecule has 0 unspecified atom stereocenters. The second-order valence-corrected chi connectivity index (χ2v) is 6.34. The molecule has 0 saturated carbocycles. The van der Waals surface area contributed by atoms with Gasteiger partial charge in [0.25, 0.3) is 5.91 Å². The number of fused-ring (bicyclic) bond motifs is 1. The monoisotopic (exact) mass is 354 g/mol. The maximum absolute atomic E-state index is 13.1. The summed E-state index contributed by atoms with van der Waals surface area (Å²) in [6.45, 7) is 1.19. The average Bonchev–Trinajstić information content (AvgIpc) is 3.22. The lowest BCUT2D eigenvalue weighted by Gasteiger charge is -2.08. The molecule has 4 rings (SSSR count). The Morgan fingerprint density at radius 2 is 2.04 bits per heavy atom. The van der Waals surface area contributed by atoms with Crippen molar-refractivity contribution in [1.82, 2.24) is 30.3 Å². The van der Waals surface area contributed by atoms with E-state index in [0.29, 0.717) is 23.4 Å². The van der Waals surface area contributed by atoms with Crippen LogP contribution >= 0.6 is 0 Å². The van der Waals surface area contributed by atoms with Gasteiger partial charge in [0.1, 0.15) is 11.6 Å². The Balaban J connectivity index is 1.49. The molecule has 8 heteroatoms. The predicted molar refractivity (Wildman–Crippen MR) is 92.7 cm³/mol. The van der Waals surface area contributed by atoms with Crippen molar-refractivity contribution in [1.29, 1.82) is 0 Å². The predicted octanol–water partition coefficient (Wildman–Crippen LogP) is 2.46. The van der Waals surface area contributed by atoms with Crippen molar-refractivity contribution in [2.24, 2.45) is 0 Å². The van der Waals surface area contributed by atoms with Crippen LogP contribution < -0.4 is 5.32 Å². The van der Waals surface area contributed by atoms with Gasteiger partial charge in [-0.25, -0.2) is 4.39 Å². The van der Waals surface area contributed by atoms with Gasteiger partial charge in [0.05, 0.1) is 24.0 Å². The van der Waals surface area contributed by atoms with Crippen LogP contribution in [0, 0.1) is 5.82 Å². The highest BCUT2D eigenvalue weighted by molar-refractivity contribution is 5.99. The van der Waals surface area contributed by atoms with E-state index >= 15 is 0 Å². The molecule has 3 aromatic rings. The van der Waals surface area contributed by atoms with E-state index in [1.54, 1.807) is 12.1 Å². The highest BCUT2D eigenvalue weighted by Crippen LogP contribution is 2.21. The zero-order chi connectivity index (χ0) is 17.9. The number of aromatic amines is 1. The van der Waals surface area contributed by atoms with Gasteiger partial charge >= 0.3 is 0 Å². The average molecular weight is 354 g/mol. The van der Waals surface area contributed by atoms with Crippen molar-refractivity contribution in [2.75, 3.05) is 0 Å². The summed E-state index contributed by atoms with van der Waals surface area (Å²) in [6, 6.07) is 5.92. The zero-order valence-electron chi connectivity index (χ0n) is 14.2. The number of benzene rings is 1. The Labute approximate surface area is 149 Å². The van der Waals surface area contributed by atoms with E-state index in [2.05, 4.69) is 30.3 Å². The van der Waals surface area contributed by atoms with Crippen LogP contribution in [0.4, 0.5) is 4.39 Å². The van der Waals surface area contributed by atoms with Crippen LogP contribution in [0.15, 0.2) is 30.5 Å². The first-order valence-electron chi connectivity index (χ1n) is 8.71. The molecule has 0 spiro atoms. The number of H-pyrrole nitrogens is 1. The first-order valence-corrected chi connectivity index (χ1v) is 8.71. The summed E-state index contributed by atoms with van der Waals surface area (Å²) in [5.74, 6) is 1.17. The SMILES string of the molecule is O=C(NCc1nnc2n1CCCCC2)c1cn[nH]c1-c1ccc(F)cc1. The summed E-state index contributed by atoms with van der Waals surface area (Å²) in [5, 5.41) is 18.1. The molecular formula is C18H19FN6O. The lowest BCUT2D eigenvalue weighted by atomic mass is 10.1. The molecule has 1 amide bonds. The van der Waals surface area contributed by atoms with Crippen LogP contribution in [0.5, 0.6) is 0 Å². The van der Waals surface area contributed by atoms with Gasteiger partial charge in [0.2, 0.25) is 0 Å². The fourth-order valence-corrected chi connectivity index (χ4v) is 3.23. The van der Waals surface area contributed by atoms with Crippen molar-refractivity contribution in [3.8, 4) is 11.3 Å². The highest BCUT2D eigenvalue weighted by Gasteiger charge is 2.18. The third kappa shape index (κ3) is 3.22. The Kier molecular flexibility index (Phi) is 4.47. The van der Waals surface area contributed by atoms with Gasteiger partial charge in [0.15, 0.2) is 5.82 Å². The van der Waals surface area contributed by atoms with Crippen LogP contribution in [0.2, 0.25) is 0 Å². The van der Waals surface area contributed by atoms with Gasteiger partial charge in [-0.1, -0.05) is 6.42 Å². The second kappa shape index (κ2) is 7.07. The van der Waals surface area contributed by atoms with Gasteiger partial charge in [-0.05, 0) is 37.1 Å². The molecular weight excluding hydrogens is 335 g/mol. The van der Waals surface area contributed by atoms with Crippen LogP contribution in [-0.4, -0.2) is 30.9 Å². The molecule has 0 atom stereocenters. The number of nitrogens with one attached hydrogen (secondary N) is 2. The van der Waals surface area contributed by atoms with E-state index in [1.807, 2.05) is 0 Å². The minimum absolute atomic E-state index is 0.260. The van der Waals surface area contributed by atoms with E-state index in [4.69, 9.17) is 0 Å². The Bertz CT molecular complexity index is 914. The summed E-state index contributed by atoms with van der Waals surface area (Å²) in [6.07, 6.45) is 5.81. The largest absolute Gasteiger partial charge is 0.345 e. The van der Waals surface area contributed by atoms with E-state index in [0.717, 1.165) is 37.5 Å². The first kappa shape index (κ1) is 16.4. The fraction of sp³-hybridized carbons (Fsp3) is 0.333. The van der Waals surface area contributed by atoms with Crippen molar-refractivity contribution in [3.63, 3.8) is 0 Å². The van der Waals surface area contributed by atoms with Crippen LogP contribution in [0.25, 0.3) is 11.3 Å². The van der Waals surface area contributed by atoms with Gasteiger partial charge in [-0.3, -0.25) is 9.89 Å². The molecule has 26 heavy (non-hydrogen) atoms. The van der Waals surface area contributed by atoms with Crippen molar-refractivity contribution in [3.05, 3.63) is 53.5 Å². The number of halogens is 1. The minimum Gasteiger partial charge on any atom is -0.345 e. The van der Waals surface area contributed by atoms with Crippen molar-refractivity contribution >= 4 is 5.91 Å². The van der Waals surface area contributed by atoms with Gasteiger partial charge in [-0.15, -0.1) is 10.2 Å². The summed E-state index contributed by atoms with van der Waals surface area (Å²) in [7, 11) is 0. The number of rotatable bonds is 4. The second-order valence-electron chi connectivity index (χ2n) is 6.34. The number of nitrogens with zero attached hydrogens (tertiary/aromatic N) is 4. The normalized spacial score (nSPS) is 13.9. The molecule has 0 bridgehead atoms. The Hall–Kier alpha value is -3.03. The number of carbonyl (C=O) groups excluding carboxylic acids is 1. The van der Waals surface area contributed by atoms with Gasteiger partial charge in [-0.2, -0.15) is 5.10 Å². The number of hydrogen-bond acceptors (Lipinski definition) is 4. The molecule has 7 nitrogen and oxygen atoms in total. The molecule has 3 heterocycles. The molecule has 2 N–H and O–H groups in total. The third-order valence-corrected chi connectivity index (χ3v) is 4.61. The quantitative estimate of drug-likeness (QED) is 0.753. The van der Waals surface area contributed by atoms with Crippen LogP contribution in [-0.2, 0) is 19.5 Å². The minimum atomic E-state index is -0.327. The van der Waals surface area contributed by atoms with Gasteiger partial charge in [0, 0.05) is 18.5 Å². The van der Waals surface area contributed by atoms with Gasteiger partial charge < -0.3 is 9.88 Å². The molecule has 1 aliphatic heterocycles. The molecule has 0 radical (unpaired) electrons. The maximum Gasteiger partial charge on any atom is 0.255 e. The standard InChI is InChI=1S/C18H19FN6O/c19-13-7-5-12(6-8-13)17-14(10-21-24-17)18(26)20-11-16-23-22-15-4-2-1-3-9-25(15)16/h5-8,10H,1-4,9,11H2,(H,20,26)(H,21,24). The lowest BCUT2D eigenvalue weighted by Crippen LogP contribution is -2.25. The van der Waals surface area contributed by atoms with E-state index < -0.39 is 0 Å². The molecule has 0 fully saturated rings. The summed E-state index contributed by atoms with van der Waals surface area (Å²) < 4.78 is 15.2. The number of carbonyl (C=O) groups is 1. The van der Waals surface area contributed by atoms with E-state index in [1.165, 1.54) is 24.8 Å². The number of aromatic nitrogens is 5. The molecule has 0 aliphatic carbocycles. The molecule has 1 aliphatic rings. The first-order chi connectivity index (χ1) is 12.7. The third-order valence-electron chi connectivity index (χ3n) is 4.61. The fourth-order valence-electron chi connectivity index (χ4n) is 3.23. The van der Waals surface area contributed by atoms with Crippen molar-refractivity contribution in [2.45, 2.75) is 38.8 Å². The summed E-state index contributed by atoms with van der Waals surface area (Å²) >= 11 is 0. The molecule has 134 valence electrons. The summed E-state index contributed by atoms with van der Waals surface area (Å²) in [5.41, 5.74) is 1.67. The highest BCUT2D eigenvalue weighted by atomic mass is 19.1. The lowest BCUT2D eigenvalue weighted by molar-refractivity contribution is 0.0950. The number of amides is 1. The summed E-state index contributed by atoms with van der Waals surface area (Å²) in [4.78, 5) is 12.6. The number of aryl methyl sites for hydroxylation is 1. The van der Waals surface area contributed by atoms with Crippen LogP contribution in [0.1, 0.15) is 41.3 Å². The number of hydrogen-bond donors (Lipinski definition) is 2. The Morgan fingerprint density at radius 3 is 2.88 bits per heavy atom. The smallest absolute Gasteiger partial charge is 0.255 e. The van der Waals surface area contributed by atoms with E-state index in [9.17, 15) is 9.18 Å². The van der Waals surface area contributed by atoms with Crippen molar-refractivity contribution < 1.29 is 9.18 Å². The topological polar surface area (TPSA) is 88.5 Å². The maximum atomic E-state index is 13.1. The van der Waals surface area contributed by atoms with E-state index in [-0.39, 0.29) is 11.7 Å². The zero-order valence-corrected chi connectivity index (χ0v) is 14.2. The molecule has 2 aromatic heterocycles. The van der Waals surface area contributed by atoms with Crippen LogP contribution in [0.3, 0.4) is 0 Å².